The van der Waals surface area contributed by atoms with Crippen molar-refractivity contribution in [3.8, 4) is 0 Å². The van der Waals surface area contributed by atoms with Gasteiger partial charge in [0.2, 0.25) is 0 Å². The van der Waals surface area contributed by atoms with E-state index >= 15 is 0 Å². The number of alkyl halides is 1. The summed E-state index contributed by atoms with van der Waals surface area (Å²) < 4.78 is 1.68. The molecule has 5 heteroatoms. The summed E-state index contributed by atoms with van der Waals surface area (Å²) in [6.45, 7) is 0.792. The molecule has 1 aromatic heterocycles. The molecule has 0 bridgehead atoms. The number of aryl methyl sites for hydroxylation is 1. The Hall–Kier alpha value is -0.840. The number of aromatic carboxylic acids is 1. The molecule has 0 atom stereocenters. The van der Waals surface area contributed by atoms with Gasteiger partial charge in [0.05, 0.1) is 0 Å². The molecule has 1 heterocycles. The fraction of sp³-hybridized carbons (Fsp3) is 0.556. The van der Waals surface area contributed by atoms with Crippen molar-refractivity contribution in [2.45, 2.75) is 25.8 Å². The lowest BCUT2D eigenvalue weighted by atomic mass is 10.2. The molecule has 0 aliphatic heterocycles. The maximum Gasteiger partial charge on any atom is 0.356 e. The van der Waals surface area contributed by atoms with Gasteiger partial charge in [0, 0.05) is 18.1 Å². The highest BCUT2D eigenvalue weighted by Gasteiger charge is 2.05. The van der Waals surface area contributed by atoms with E-state index in [1.54, 1.807) is 10.9 Å². The van der Waals surface area contributed by atoms with Gasteiger partial charge in [0.1, 0.15) is 0 Å². The summed E-state index contributed by atoms with van der Waals surface area (Å²) in [4.78, 5) is 10.5. The quantitative estimate of drug-likeness (QED) is 0.630. The molecule has 14 heavy (non-hydrogen) atoms. The predicted octanol–water partition coefficient (Wildman–Crippen LogP) is 2.15. The average Bonchev–Trinajstić information content (AvgIpc) is 2.61. The van der Waals surface area contributed by atoms with E-state index in [1.165, 1.54) is 6.07 Å². The van der Waals surface area contributed by atoms with Gasteiger partial charge in [-0.1, -0.05) is 22.4 Å². The molecule has 0 spiro atoms. The molecular formula is C9H13BrN2O2. The Morgan fingerprint density at radius 2 is 2.29 bits per heavy atom. The SMILES string of the molecule is O=C(O)c1ccn(CCCCCBr)n1. The average molecular weight is 261 g/mol. The molecule has 0 radical (unpaired) electrons. The summed E-state index contributed by atoms with van der Waals surface area (Å²) in [6, 6.07) is 1.52. The van der Waals surface area contributed by atoms with Gasteiger partial charge in [-0.15, -0.1) is 0 Å². The second kappa shape index (κ2) is 5.80. The highest BCUT2D eigenvalue weighted by atomic mass is 79.9. The summed E-state index contributed by atoms with van der Waals surface area (Å²) in [5, 5.41) is 13.6. The number of halogens is 1. The van der Waals surface area contributed by atoms with Crippen LogP contribution >= 0.6 is 15.9 Å². The summed E-state index contributed by atoms with van der Waals surface area (Å²) in [5.41, 5.74) is 0.116. The Bertz CT molecular complexity index is 299. The molecule has 0 amide bonds. The minimum absolute atomic E-state index is 0.116. The Morgan fingerprint density at radius 3 is 2.86 bits per heavy atom. The van der Waals surface area contributed by atoms with Crippen LogP contribution in [-0.4, -0.2) is 26.2 Å². The van der Waals surface area contributed by atoms with Crippen LogP contribution in [-0.2, 0) is 6.54 Å². The maximum absolute atomic E-state index is 10.5. The van der Waals surface area contributed by atoms with Gasteiger partial charge in [-0.25, -0.2) is 4.79 Å². The molecule has 1 N–H and O–H groups in total. The van der Waals surface area contributed by atoms with Crippen LogP contribution < -0.4 is 0 Å². The van der Waals surface area contributed by atoms with E-state index in [9.17, 15) is 4.79 Å². The molecule has 4 nitrogen and oxygen atoms in total. The Balaban J connectivity index is 2.33. The van der Waals surface area contributed by atoms with E-state index < -0.39 is 5.97 Å². The van der Waals surface area contributed by atoms with Gasteiger partial charge >= 0.3 is 5.97 Å². The molecule has 78 valence electrons. The first-order valence-electron chi connectivity index (χ1n) is 4.57. The second-order valence-corrected chi connectivity index (χ2v) is 3.81. The van der Waals surface area contributed by atoms with Gasteiger partial charge < -0.3 is 5.11 Å². The molecule has 0 aliphatic rings. The van der Waals surface area contributed by atoms with Crippen LogP contribution in [0.2, 0.25) is 0 Å². The molecule has 0 aliphatic carbocycles. The fourth-order valence-electron chi connectivity index (χ4n) is 1.15. The molecule has 0 saturated carbocycles. The summed E-state index contributed by atoms with van der Waals surface area (Å²) >= 11 is 3.36. The van der Waals surface area contributed by atoms with Crippen molar-refractivity contribution in [1.29, 1.82) is 0 Å². The van der Waals surface area contributed by atoms with E-state index in [1.807, 2.05) is 0 Å². The molecule has 0 unspecified atom stereocenters. The van der Waals surface area contributed by atoms with Crippen molar-refractivity contribution in [2.75, 3.05) is 5.33 Å². The molecule has 0 fully saturated rings. The van der Waals surface area contributed by atoms with Crippen LogP contribution in [0.25, 0.3) is 0 Å². The van der Waals surface area contributed by atoms with Gasteiger partial charge in [-0.05, 0) is 18.9 Å². The van der Waals surface area contributed by atoms with Crippen LogP contribution in [0.1, 0.15) is 29.8 Å². The smallest absolute Gasteiger partial charge is 0.356 e. The van der Waals surface area contributed by atoms with Crippen molar-refractivity contribution in [2.24, 2.45) is 0 Å². The zero-order valence-electron chi connectivity index (χ0n) is 7.82. The number of carbonyl (C=O) groups is 1. The Labute approximate surface area is 91.1 Å². The standard InChI is InChI=1S/C9H13BrN2O2/c10-5-2-1-3-6-12-7-4-8(11-12)9(13)14/h4,7H,1-3,5-6H2,(H,13,14). The highest BCUT2D eigenvalue weighted by Crippen LogP contribution is 2.02. The lowest BCUT2D eigenvalue weighted by molar-refractivity contribution is 0.0689. The van der Waals surface area contributed by atoms with E-state index in [0.717, 1.165) is 31.1 Å². The minimum atomic E-state index is -0.968. The summed E-state index contributed by atoms with van der Waals surface area (Å²) in [6.07, 6.45) is 5.02. The third-order valence-corrected chi connectivity index (χ3v) is 2.44. The van der Waals surface area contributed by atoms with Crippen molar-refractivity contribution in [3.63, 3.8) is 0 Å². The molecule has 1 aromatic rings. The summed E-state index contributed by atoms with van der Waals surface area (Å²) in [5.74, 6) is -0.968. The first-order valence-corrected chi connectivity index (χ1v) is 5.69. The van der Waals surface area contributed by atoms with Crippen LogP contribution in [0.3, 0.4) is 0 Å². The van der Waals surface area contributed by atoms with E-state index in [2.05, 4.69) is 21.0 Å². The number of nitrogens with zero attached hydrogens (tertiary/aromatic N) is 2. The topological polar surface area (TPSA) is 55.1 Å². The number of aromatic nitrogens is 2. The molecule has 1 rings (SSSR count). The number of hydrogen-bond donors (Lipinski definition) is 1. The lowest BCUT2D eigenvalue weighted by Gasteiger charge is -1.99. The fourth-order valence-corrected chi connectivity index (χ4v) is 1.54. The Kier molecular flexibility index (Phi) is 4.65. The first kappa shape index (κ1) is 11.2. The number of carboxylic acids is 1. The first-order chi connectivity index (χ1) is 6.74. The van der Waals surface area contributed by atoms with Crippen molar-refractivity contribution in [1.82, 2.24) is 9.78 Å². The van der Waals surface area contributed by atoms with E-state index in [-0.39, 0.29) is 5.69 Å². The number of hydrogen-bond acceptors (Lipinski definition) is 2. The highest BCUT2D eigenvalue weighted by molar-refractivity contribution is 9.09. The van der Waals surface area contributed by atoms with E-state index in [0.29, 0.717) is 0 Å². The third-order valence-electron chi connectivity index (χ3n) is 1.88. The third kappa shape index (κ3) is 3.49. The van der Waals surface area contributed by atoms with Crippen LogP contribution in [0.5, 0.6) is 0 Å². The zero-order valence-corrected chi connectivity index (χ0v) is 9.40. The number of carboxylic acid groups (broad SMARTS) is 1. The monoisotopic (exact) mass is 260 g/mol. The largest absolute Gasteiger partial charge is 0.476 e. The van der Waals surface area contributed by atoms with Gasteiger partial charge in [0.25, 0.3) is 0 Å². The maximum atomic E-state index is 10.5. The van der Waals surface area contributed by atoms with Crippen LogP contribution in [0.15, 0.2) is 12.3 Å². The number of unbranched alkanes of at least 4 members (excludes halogenated alkanes) is 2. The molecule has 0 saturated heterocycles. The zero-order chi connectivity index (χ0) is 10.4. The minimum Gasteiger partial charge on any atom is -0.476 e. The predicted molar refractivity (Wildman–Crippen MR) is 56.8 cm³/mol. The van der Waals surface area contributed by atoms with Gasteiger partial charge in [0.15, 0.2) is 5.69 Å². The van der Waals surface area contributed by atoms with Crippen LogP contribution in [0, 0.1) is 0 Å². The van der Waals surface area contributed by atoms with Crippen molar-refractivity contribution < 1.29 is 9.90 Å². The normalized spacial score (nSPS) is 10.4. The lowest BCUT2D eigenvalue weighted by Crippen LogP contribution is -2.02. The molecular weight excluding hydrogens is 248 g/mol. The van der Waals surface area contributed by atoms with E-state index in [4.69, 9.17) is 5.11 Å². The van der Waals surface area contributed by atoms with Crippen LogP contribution in [0.4, 0.5) is 0 Å². The van der Waals surface area contributed by atoms with Crippen molar-refractivity contribution in [3.05, 3.63) is 18.0 Å². The number of rotatable bonds is 6. The second-order valence-electron chi connectivity index (χ2n) is 3.02. The van der Waals surface area contributed by atoms with Gasteiger partial charge in [-0.3, -0.25) is 4.68 Å². The Morgan fingerprint density at radius 1 is 1.50 bits per heavy atom. The van der Waals surface area contributed by atoms with Crippen molar-refractivity contribution >= 4 is 21.9 Å². The molecule has 0 aromatic carbocycles. The summed E-state index contributed by atoms with van der Waals surface area (Å²) in [7, 11) is 0. The van der Waals surface area contributed by atoms with Gasteiger partial charge in [-0.2, -0.15) is 5.10 Å².